The third kappa shape index (κ3) is 3.22. The van der Waals surface area contributed by atoms with Gasteiger partial charge in [0, 0.05) is 25.4 Å². The minimum absolute atomic E-state index is 0.00259. The molecule has 1 aromatic heterocycles. The van der Waals surface area contributed by atoms with Crippen LogP contribution in [-0.4, -0.2) is 32.2 Å². The summed E-state index contributed by atoms with van der Waals surface area (Å²) in [6.07, 6.45) is 3.11. The molecule has 0 saturated carbocycles. The summed E-state index contributed by atoms with van der Waals surface area (Å²) in [4.78, 5) is 33.7. The first-order chi connectivity index (χ1) is 8.32. The molecule has 0 bridgehead atoms. The van der Waals surface area contributed by atoms with Gasteiger partial charge in [-0.05, 0) is 13.8 Å². The van der Waals surface area contributed by atoms with Crippen LogP contribution in [0.2, 0.25) is 0 Å². The molecule has 0 aliphatic carbocycles. The van der Waals surface area contributed by atoms with Gasteiger partial charge in [0.25, 0.3) is 0 Å². The monoisotopic (exact) mass is 255 g/mol. The SMILES string of the molecule is CC(=O)NC(Cn1ccn(C(C)C)c1=O)C(=O)O. The van der Waals surface area contributed by atoms with Crippen molar-refractivity contribution in [1.29, 1.82) is 0 Å². The number of hydrogen-bond donors (Lipinski definition) is 2. The van der Waals surface area contributed by atoms with Crippen molar-refractivity contribution in [2.24, 2.45) is 0 Å². The van der Waals surface area contributed by atoms with Gasteiger partial charge in [-0.2, -0.15) is 0 Å². The number of carboxylic acid groups (broad SMARTS) is 1. The average Bonchev–Trinajstić information content (AvgIpc) is 2.58. The third-order valence-corrected chi connectivity index (χ3v) is 2.48. The smallest absolute Gasteiger partial charge is 0.328 e. The van der Waals surface area contributed by atoms with Crippen LogP contribution in [0.15, 0.2) is 17.2 Å². The van der Waals surface area contributed by atoms with Crippen molar-refractivity contribution in [3.8, 4) is 0 Å². The topological polar surface area (TPSA) is 93.3 Å². The molecule has 1 aromatic rings. The first kappa shape index (κ1) is 14.0. The number of amides is 1. The quantitative estimate of drug-likeness (QED) is 0.763. The highest BCUT2D eigenvalue weighted by atomic mass is 16.4. The predicted octanol–water partition coefficient (Wildman–Crippen LogP) is -0.180. The Bertz CT molecular complexity index is 501. The molecular weight excluding hydrogens is 238 g/mol. The van der Waals surface area contributed by atoms with Crippen LogP contribution >= 0.6 is 0 Å². The number of carboxylic acids is 1. The predicted molar refractivity (Wildman–Crippen MR) is 64.3 cm³/mol. The normalized spacial score (nSPS) is 12.4. The number of nitrogens with zero attached hydrogens (tertiary/aromatic N) is 2. The van der Waals surface area contributed by atoms with Crippen molar-refractivity contribution >= 4 is 11.9 Å². The molecule has 7 nitrogen and oxygen atoms in total. The van der Waals surface area contributed by atoms with E-state index < -0.39 is 17.9 Å². The number of aromatic nitrogens is 2. The van der Waals surface area contributed by atoms with E-state index >= 15 is 0 Å². The second kappa shape index (κ2) is 5.52. The molecule has 0 radical (unpaired) electrons. The Labute approximate surface area is 104 Å². The molecule has 100 valence electrons. The van der Waals surface area contributed by atoms with E-state index in [4.69, 9.17) is 5.11 Å². The van der Waals surface area contributed by atoms with E-state index in [-0.39, 0.29) is 18.3 Å². The number of imidazole rings is 1. The first-order valence-electron chi connectivity index (χ1n) is 5.60. The first-order valence-corrected chi connectivity index (χ1v) is 5.60. The van der Waals surface area contributed by atoms with E-state index in [9.17, 15) is 14.4 Å². The van der Waals surface area contributed by atoms with Gasteiger partial charge in [-0.25, -0.2) is 9.59 Å². The largest absolute Gasteiger partial charge is 0.480 e. The Morgan fingerprint density at radius 2 is 2.00 bits per heavy atom. The molecule has 2 N–H and O–H groups in total. The summed E-state index contributed by atoms with van der Waals surface area (Å²) in [5.41, 5.74) is -0.290. The molecule has 1 heterocycles. The van der Waals surface area contributed by atoms with E-state index in [2.05, 4.69) is 5.32 Å². The van der Waals surface area contributed by atoms with Gasteiger partial charge in [-0.3, -0.25) is 13.9 Å². The minimum atomic E-state index is -1.17. The molecule has 0 fully saturated rings. The zero-order valence-electron chi connectivity index (χ0n) is 10.6. The maximum absolute atomic E-state index is 11.9. The fraction of sp³-hybridized carbons (Fsp3) is 0.545. The fourth-order valence-electron chi connectivity index (χ4n) is 1.59. The zero-order valence-corrected chi connectivity index (χ0v) is 10.6. The number of carbonyl (C=O) groups is 2. The lowest BCUT2D eigenvalue weighted by molar-refractivity contribution is -0.141. The highest BCUT2D eigenvalue weighted by Crippen LogP contribution is 2.00. The maximum Gasteiger partial charge on any atom is 0.328 e. The summed E-state index contributed by atoms with van der Waals surface area (Å²) >= 11 is 0. The summed E-state index contributed by atoms with van der Waals surface area (Å²) in [7, 11) is 0. The van der Waals surface area contributed by atoms with Crippen LogP contribution in [0.3, 0.4) is 0 Å². The van der Waals surface area contributed by atoms with E-state index in [1.54, 1.807) is 6.20 Å². The highest BCUT2D eigenvalue weighted by molar-refractivity contribution is 5.81. The average molecular weight is 255 g/mol. The molecule has 1 rings (SSSR count). The Morgan fingerprint density at radius 3 is 2.39 bits per heavy atom. The molecule has 0 saturated heterocycles. The van der Waals surface area contributed by atoms with Gasteiger partial charge < -0.3 is 10.4 Å². The van der Waals surface area contributed by atoms with Crippen molar-refractivity contribution in [2.75, 3.05) is 0 Å². The Morgan fingerprint density at radius 1 is 1.39 bits per heavy atom. The van der Waals surface area contributed by atoms with Crippen LogP contribution in [0.25, 0.3) is 0 Å². The van der Waals surface area contributed by atoms with E-state index in [1.807, 2.05) is 13.8 Å². The second-order valence-electron chi connectivity index (χ2n) is 4.33. The molecule has 0 aromatic carbocycles. The van der Waals surface area contributed by atoms with Gasteiger partial charge in [-0.15, -0.1) is 0 Å². The second-order valence-corrected chi connectivity index (χ2v) is 4.33. The van der Waals surface area contributed by atoms with Crippen molar-refractivity contribution < 1.29 is 14.7 Å². The van der Waals surface area contributed by atoms with Gasteiger partial charge in [0.15, 0.2) is 0 Å². The lowest BCUT2D eigenvalue weighted by Crippen LogP contribution is -2.44. The van der Waals surface area contributed by atoms with Crippen molar-refractivity contribution in [1.82, 2.24) is 14.5 Å². The van der Waals surface area contributed by atoms with Crippen LogP contribution in [0.4, 0.5) is 0 Å². The van der Waals surface area contributed by atoms with Crippen LogP contribution in [0, 0.1) is 0 Å². The number of hydrogen-bond acceptors (Lipinski definition) is 3. The molecular formula is C11H17N3O4. The van der Waals surface area contributed by atoms with Crippen LogP contribution in [0.5, 0.6) is 0 Å². The maximum atomic E-state index is 11.9. The number of nitrogens with one attached hydrogen (secondary N) is 1. The number of aliphatic carboxylic acids is 1. The third-order valence-electron chi connectivity index (χ3n) is 2.48. The molecule has 18 heavy (non-hydrogen) atoms. The standard InChI is InChI=1S/C11H17N3O4/c1-7(2)14-5-4-13(11(14)18)6-9(10(16)17)12-8(3)15/h4-5,7,9H,6H2,1-3H3,(H,12,15)(H,16,17). The summed E-state index contributed by atoms with van der Waals surface area (Å²) in [5, 5.41) is 11.2. The fourth-order valence-corrected chi connectivity index (χ4v) is 1.59. The molecule has 0 aliphatic heterocycles. The van der Waals surface area contributed by atoms with Gasteiger partial charge in [0.1, 0.15) is 6.04 Å². The molecule has 1 amide bonds. The lowest BCUT2D eigenvalue weighted by atomic mass is 10.3. The Hall–Kier alpha value is -2.05. The molecule has 1 atom stereocenters. The summed E-state index contributed by atoms with van der Waals surface area (Å²) in [6, 6.07) is -1.11. The highest BCUT2D eigenvalue weighted by Gasteiger charge is 2.20. The minimum Gasteiger partial charge on any atom is -0.480 e. The van der Waals surface area contributed by atoms with Gasteiger partial charge in [0.2, 0.25) is 5.91 Å². The van der Waals surface area contributed by atoms with Crippen molar-refractivity contribution in [2.45, 2.75) is 39.4 Å². The van der Waals surface area contributed by atoms with Crippen LogP contribution < -0.4 is 11.0 Å². The summed E-state index contributed by atoms with van der Waals surface area (Å²) in [6.45, 7) is 4.86. The Kier molecular flexibility index (Phi) is 4.30. The van der Waals surface area contributed by atoms with Gasteiger partial charge in [-0.1, -0.05) is 0 Å². The van der Waals surface area contributed by atoms with Gasteiger partial charge >= 0.3 is 11.7 Å². The molecule has 1 unspecified atom stereocenters. The molecule has 0 spiro atoms. The van der Waals surface area contributed by atoms with E-state index in [1.165, 1.54) is 22.3 Å². The van der Waals surface area contributed by atoms with Crippen molar-refractivity contribution in [3.05, 3.63) is 22.9 Å². The van der Waals surface area contributed by atoms with Crippen LogP contribution in [0.1, 0.15) is 26.8 Å². The summed E-state index contributed by atoms with van der Waals surface area (Å²) < 4.78 is 2.77. The van der Waals surface area contributed by atoms with E-state index in [0.717, 1.165) is 0 Å². The zero-order chi connectivity index (χ0) is 13.9. The number of carbonyl (C=O) groups excluding carboxylic acids is 1. The number of rotatable bonds is 5. The molecule has 0 aliphatic rings. The summed E-state index contributed by atoms with van der Waals surface area (Å²) in [5.74, 6) is -1.62. The van der Waals surface area contributed by atoms with Crippen molar-refractivity contribution in [3.63, 3.8) is 0 Å². The lowest BCUT2D eigenvalue weighted by Gasteiger charge is -2.13. The molecule has 7 heteroatoms. The van der Waals surface area contributed by atoms with E-state index in [0.29, 0.717) is 0 Å². The van der Waals surface area contributed by atoms with Crippen LogP contribution in [-0.2, 0) is 16.1 Å². The van der Waals surface area contributed by atoms with Gasteiger partial charge in [0.05, 0.1) is 6.54 Å². The Balaban J connectivity index is 2.91.